The number of aliphatic hydroxyl groups excluding tert-OH is 2. The summed E-state index contributed by atoms with van der Waals surface area (Å²) >= 11 is 1.47. The molecule has 8 heterocycles. The zero-order valence-electron chi connectivity index (χ0n) is 59.2. The number of rotatable bonds is 25. The van der Waals surface area contributed by atoms with Gasteiger partial charge in [-0.3, -0.25) is 39.1 Å². The van der Waals surface area contributed by atoms with Gasteiger partial charge in [0, 0.05) is 107 Å². The molecule has 5 aromatic rings. The van der Waals surface area contributed by atoms with E-state index >= 15 is 8.78 Å². The van der Waals surface area contributed by atoms with Crippen molar-refractivity contribution in [1.82, 2.24) is 61.1 Å². The lowest BCUT2D eigenvalue weighted by Crippen LogP contribution is -2.68. The number of carbonyl (C=O) groups is 5. The number of hydrogen-bond donors (Lipinski definition) is 8. The molecule has 8 N–H and O–H groups in total. The van der Waals surface area contributed by atoms with Crippen molar-refractivity contribution in [2.24, 2.45) is 16.2 Å². The quantitative estimate of drug-likeness (QED) is 0.0294. The largest absolute Gasteiger partial charge is 0.483 e. The molecule has 101 heavy (non-hydrogen) atoms. The molecular formula is C74H100F3N15O8S. The van der Waals surface area contributed by atoms with E-state index < -0.39 is 70.4 Å². The lowest BCUT2D eigenvalue weighted by atomic mass is 9.82. The monoisotopic (exact) mass is 1420 g/mol. The molecule has 1 saturated carbocycles. The fraction of sp³-hybridized carbons (Fsp3) is 0.595. The molecule has 27 heteroatoms. The second kappa shape index (κ2) is 30.8. The molecular weight excluding hydrogens is 1320 g/mol. The van der Waals surface area contributed by atoms with Crippen molar-refractivity contribution in [1.29, 1.82) is 0 Å². The number of anilines is 3. The van der Waals surface area contributed by atoms with Crippen LogP contribution >= 0.6 is 11.3 Å². The van der Waals surface area contributed by atoms with Crippen molar-refractivity contribution in [2.45, 2.75) is 168 Å². The maximum atomic E-state index is 15.9. The highest BCUT2D eigenvalue weighted by atomic mass is 32.1. The van der Waals surface area contributed by atoms with E-state index in [0.717, 1.165) is 111 Å². The van der Waals surface area contributed by atoms with Crippen LogP contribution in [0.3, 0.4) is 0 Å². The fourth-order valence-electron chi connectivity index (χ4n) is 15.4. The zero-order valence-corrected chi connectivity index (χ0v) is 60.0. The van der Waals surface area contributed by atoms with E-state index in [1.165, 1.54) is 28.4 Å². The van der Waals surface area contributed by atoms with Crippen molar-refractivity contribution in [3.05, 3.63) is 112 Å². The van der Waals surface area contributed by atoms with E-state index in [9.17, 15) is 38.6 Å². The van der Waals surface area contributed by atoms with Gasteiger partial charge in [-0.2, -0.15) is 0 Å². The SMILES string of the molecule is Cc1ncsc1-c1ccc(CNC(=O)[C@@H]2C[C@@H](O)CN2C(=O)[C@@H](NC(=O)C2(F)CC2)C(C)(C)C)c(OCC(=O)NCCCN2CC[C@@]3(CCN(CC(=O)NCc4cccc(CNc5cc(N6CCC7(CC6)CN(c6cc(F)c(CN8CCC(C)(C)CC8)cc6F)CC(O)N7)ncn5)c4)C3)C2)c1. The number of piperidine rings is 2. The lowest BCUT2D eigenvalue weighted by Gasteiger charge is -2.50. The Morgan fingerprint density at radius 2 is 1.49 bits per heavy atom. The smallest absolute Gasteiger partial charge is 0.258 e. The number of hydrogen-bond acceptors (Lipinski definition) is 19. The van der Waals surface area contributed by atoms with Crippen LogP contribution in [0.2, 0.25) is 0 Å². The van der Waals surface area contributed by atoms with Crippen LogP contribution in [-0.2, 0) is 50.2 Å². The van der Waals surface area contributed by atoms with Gasteiger partial charge in [-0.25, -0.2) is 28.1 Å². The van der Waals surface area contributed by atoms with Crippen molar-refractivity contribution < 1.29 is 52.1 Å². The molecule has 0 radical (unpaired) electrons. The summed E-state index contributed by atoms with van der Waals surface area (Å²) in [4.78, 5) is 94.0. The Bertz CT molecular complexity index is 3800. The fourth-order valence-corrected chi connectivity index (χ4v) is 16.2. The van der Waals surface area contributed by atoms with Crippen LogP contribution in [0, 0.1) is 34.8 Å². The van der Waals surface area contributed by atoms with E-state index in [-0.39, 0.29) is 73.8 Å². The summed E-state index contributed by atoms with van der Waals surface area (Å²) in [5.74, 6) is -1.37. The first-order valence-corrected chi connectivity index (χ1v) is 36.8. The molecule has 7 fully saturated rings. The molecule has 12 rings (SSSR count). The maximum absolute atomic E-state index is 15.9. The first kappa shape index (κ1) is 73.2. The number of thiazole rings is 1. The number of ether oxygens (including phenoxy) is 1. The van der Waals surface area contributed by atoms with Gasteiger partial charge in [0.1, 0.15) is 53.7 Å². The molecule has 6 aliphatic heterocycles. The highest BCUT2D eigenvalue weighted by Crippen LogP contribution is 2.42. The molecule has 5 atom stereocenters. The Hall–Kier alpha value is -7.53. The van der Waals surface area contributed by atoms with Gasteiger partial charge in [0.25, 0.3) is 11.8 Å². The Morgan fingerprint density at radius 1 is 0.752 bits per heavy atom. The molecule has 1 unspecified atom stereocenters. The Labute approximate surface area is 594 Å². The third-order valence-electron chi connectivity index (χ3n) is 21.7. The summed E-state index contributed by atoms with van der Waals surface area (Å²) in [6.07, 6.45) is 5.92. The number of likely N-dealkylation sites (tertiary alicyclic amines) is 4. The number of aromatic nitrogens is 3. The molecule has 5 amide bonds. The van der Waals surface area contributed by atoms with Crippen LogP contribution in [-0.4, -0.2) is 208 Å². The summed E-state index contributed by atoms with van der Waals surface area (Å²) < 4.78 is 52.4. The summed E-state index contributed by atoms with van der Waals surface area (Å²) in [5, 5.41) is 40.2. The number of aryl methyl sites for hydroxylation is 1. The predicted molar refractivity (Wildman–Crippen MR) is 380 cm³/mol. The maximum Gasteiger partial charge on any atom is 0.258 e. The molecule has 6 saturated heterocycles. The van der Waals surface area contributed by atoms with Crippen LogP contribution in [0.5, 0.6) is 5.75 Å². The zero-order chi connectivity index (χ0) is 71.4. The third-order valence-corrected chi connectivity index (χ3v) is 22.7. The minimum Gasteiger partial charge on any atom is -0.483 e. The Morgan fingerprint density at radius 3 is 2.22 bits per heavy atom. The molecule has 1 aliphatic carbocycles. The van der Waals surface area contributed by atoms with Crippen LogP contribution in [0.25, 0.3) is 10.4 Å². The standard InChI is InChI=1S/C74H100F3N15O8S/c1-48-65(101-47-84-48)51-11-12-52(37-81-67(97)58-32-54(93)39-92(58)68(98)66(70(2,3)4)85-69(99)74(77)13-14-74)59(31-51)100-42-64(96)78-21-8-22-88-25-17-72(43-88)18-26-89(44-72)40-62(94)80-36-50-10-7-9-49(29-50)35-79-60-34-61(83-46-82-60)90-27-19-73(20-28-90)45-91(41-63(95)86-73)57-33-55(75)53(30-56(57)76)38-87-23-15-71(5,6)16-24-87/h7,9-12,29-31,33-34,46-47,54,58,63,66,86,93,95H,8,13-28,32,35-45H2,1-6H3,(H,78,96)(H,80,94)(H,81,97)(H,85,99)(H,79,82,83)/t54-,58+,63?,66-,72-/m1/s1. The van der Waals surface area contributed by atoms with E-state index in [1.54, 1.807) is 37.5 Å². The van der Waals surface area contributed by atoms with E-state index in [0.29, 0.717) is 87.9 Å². The van der Waals surface area contributed by atoms with Crippen molar-refractivity contribution in [3.63, 3.8) is 0 Å². The molecule has 2 aromatic heterocycles. The van der Waals surface area contributed by atoms with Gasteiger partial charge < -0.3 is 61.1 Å². The van der Waals surface area contributed by atoms with Gasteiger partial charge in [-0.05, 0) is 143 Å². The van der Waals surface area contributed by atoms with Gasteiger partial charge >= 0.3 is 0 Å². The van der Waals surface area contributed by atoms with Crippen LogP contribution in [0.15, 0.2) is 72.5 Å². The topological polar surface area (TPSA) is 265 Å². The van der Waals surface area contributed by atoms with Gasteiger partial charge in [-0.15, -0.1) is 11.3 Å². The van der Waals surface area contributed by atoms with Gasteiger partial charge in [0.15, 0.2) is 12.3 Å². The number of aliphatic hydroxyl groups is 2. The number of carbonyl (C=O) groups excluding carboxylic acids is 5. The second-order valence-corrected chi connectivity index (χ2v) is 32.1. The number of alkyl halides is 1. The second-order valence-electron chi connectivity index (χ2n) is 31.3. The number of benzene rings is 3. The van der Waals surface area contributed by atoms with Crippen molar-refractivity contribution >= 4 is 58.2 Å². The molecule has 0 bridgehead atoms. The van der Waals surface area contributed by atoms with Crippen LogP contribution < -0.4 is 46.4 Å². The minimum atomic E-state index is -2.00. The average Bonchev–Trinajstić information content (AvgIpc) is 1.38. The number of piperazine rings is 1. The Kier molecular flexibility index (Phi) is 22.3. The molecule has 2 spiro atoms. The Balaban J connectivity index is 0.548. The summed E-state index contributed by atoms with van der Waals surface area (Å²) in [6, 6.07) is 16.0. The number of β-amino-alcohol motifs (C(OH)–C–C–N with tert-alkyl or cyclic N) is 2. The van der Waals surface area contributed by atoms with Crippen molar-refractivity contribution in [3.8, 4) is 16.2 Å². The summed E-state index contributed by atoms with van der Waals surface area (Å²) in [6.45, 7) is 21.2. The first-order chi connectivity index (χ1) is 48.2. The number of nitrogens with one attached hydrogen (secondary N) is 6. The van der Waals surface area contributed by atoms with E-state index in [2.05, 4.69) is 86.4 Å². The number of amides is 5. The highest BCUT2D eigenvalue weighted by molar-refractivity contribution is 7.13. The normalized spacial score (nSPS) is 23.1. The molecule has 546 valence electrons. The minimum absolute atomic E-state index is 0.0178. The third kappa shape index (κ3) is 18.3. The first-order valence-electron chi connectivity index (χ1n) is 35.9. The lowest BCUT2D eigenvalue weighted by molar-refractivity contribution is -0.145. The molecule has 7 aliphatic rings. The van der Waals surface area contributed by atoms with Gasteiger partial charge in [0.2, 0.25) is 17.7 Å². The molecule has 23 nitrogen and oxygen atoms in total. The average molecular weight is 1420 g/mol. The summed E-state index contributed by atoms with van der Waals surface area (Å²) in [7, 11) is 0. The van der Waals surface area contributed by atoms with Gasteiger partial charge in [0.05, 0.1) is 41.0 Å². The van der Waals surface area contributed by atoms with E-state index in [1.807, 2.05) is 49.4 Å². The summed E-state index contributed by atoms with van der Waals surface area (Å²) in [5.41, 5.74) is 3.56. The van der Waals surface area contributed by atoms with Gasteiger partial charge in [-0.1, -0.05) is 71.0 Å². The predicted octanol–water partition coefficient (Wildman–Crippen LogP) is 6.40. The van der Waals surface area contributed by atoms with E-state index in [4.69, 9.17) is 4.74 Å². The van der Waals surface area contributed by atoms with Crippen LogP contribution in [0.1, 0.15) is 127 Å². The molecule has 3 aromatic carbocycles. The van der Waals surface area contributed by atoms with Crippen LogP contribution in [0.4, 0.5) is 30.5 Å². The number of halogens is 3. The van der Waals surface area contributed by atoms with Crippen molar-refractivity contribution in [2.75, 3.05) is 113 Å². The number of nitrogens with zero attached hydrogens (tertiary/aromatic N) is 9. The highest BCUT2D eigenvalue weighted by Gasteiger charge is 2.54.